The van der Waals surface area contributed by atoms with Gasteiger partial charge < -0.3 is 9.47 Å². The lowest BCUT2D eigenvalue weighted by Crippen LogP contribution is -2.29. The minimum atomic E-state index is -0.0373. The summed E-state index contributed by atoms with van der Waals surface area (Å²) >= 11 is 0. The van der Waals surface area contributed by atoms with E-state index in [1.54, 1.807) is 0 Å². The smallest absolute Gasteiger partial charge is 0.309 e. The normalized spacial score (nSPS) is 43.4. The molecule has 0 spiro atoms. The average Bonchev–Trinajstić information content (AvgIpc) is 3.04. The molecule has 0 bridgehead atoms. The molecule has 0 radical (unpaired) electrons. The number of hydrogen-bond donors (Lipinski definition) is 0. The van der Waals surface area contributed by atoms with Crippen LogP contribution in [-0.2, 0) is 14.3 Å². The number of rotatable bonds is 2. The Morgan fingerprint density at radius 2 is 2.25 bits per heavy atom. The second-order valence-electron chi connectivity index (χ2n) is 4.66. The molecule has 3 heteroatoms. The molecule has 0 amide bonds. The Bertz CT molecular complexity index is 358. The predicted molar refractivity (Wildman–Crippen MR) is 58.6 cm³/mol. The van der Waals surface area contributed by atoms with Crippen LogP contribution in [0.4, 0.5) is 0 Å². The Balaban J connectivity index is 1.73. The molecule has 5 atom stereocenters. The van der Waals surface area contributed by atoms with E-state index in [2.05, 4.69) is 12.2 Å². The molecular formula is C13H16O3. The van der Waals surface area contributed by atoms with Gasteiger partial charge in [-0.1, -0.05) is 24.3 Å². The minimum Gasteiger partial charge on any atom is -0.466 e. The first-order valence-corrected chi connectivity index (χ1v) is 5.96. The van der Waals surface area contributed by atoms with Gasteiger partial charge in [-0.2, -0.15) is 0 Å². The van der Waals surface area contributed by atoms with Gasteiger partial charge in [0.2, 0.25) is 0 Å². The Morgan fingerprint density at radius 3 is 3.06 bits per heavy atom. The van der Waals surface area contributed by atoms with Gasteiger partial charge in [0.1, 0.15) is 0 Å². The van der Waals surface area contributed by atoms with E-state index >= 15 is 0 Å². The maximum absolute atomic E-state index is 11.7. The van der Waals surface area contributed by atoms with Crippen molar-refractivity contribution in [1.29, 1.82) is 0 Å². The fourth-order valence-electron chi connectivity index (χ4n) is 3.05. The van der Waals surface area contributed by atoms with Crippen molar-refractivity contribution in [2.24, 2.45) is 23.7 Å². The minimum absolute atomic E-state index is 0.0373. The fourth-order valence-corrected chi connectivity index (χ4v) is 3.05. The van der Waals surface area contributed by atoms with Gasteiger partial charge in [-0.05, 0) is 12.8 Å². The van der Waals surface area contributed by atoms with Crippen LogP contribution in [0.3, 0.4) is 0 Å². The van der Waals surface area contributed by atoms with E-state index in [0.717, 1.165) is 0 Å². The van der Waals surface area contributed by atoms with Crippen LogP contribution in [0.1, 0.15) is 6.92 Å². The molecule has 0 N–H and O–H groups in total. The third-order valence-electron chi connectivity index (χ3n) is 3.84. The first-order valence-electron chi connectivity index (χ1n) is 5.96. The van der Waals surface area contributed by atoms with Gasteiger partial charge >= 0.3 is 5.97 Å². The largest absolute Gasteiger partial charge is 0.466 e. The molecule has 2 unspecified atom stereocenters. The van der Waals surface area contributed by atoms with Gasteiger partial charge in [0.15, 0.2) is 0 Å². The standard InChI is InChI=1S/C13H16O3/c1-2-15-13(14)12-9-7-16-10-6-4-3-5-8(10)11(9)12/h3-6,8-12H,2,7H2,1H3/t8?,9-,10?,11+,12-/m1/s1. The fraction of sp³-hybridized carbons (Fsp3) is 0.615. The van der Waals surface area contributed by atoms with E-state index in [-0.39, 0.29) is 18.0 Å². The van der Waals surface area contributed by atoms with Crippen LogP contribution in [0.25, 0.3) is 0 Å². The molecule has 0 aromatic heterocycles. The molecule has 3 aliphatic rings. The van der Waals surface area contributed by atoms with Gasteiger partial charge in [0, 0.05) is 11.8 Å². The maximum Gasteiger partial charge on any atom is 0.309 e. The maximum atomic E-state index is 11.7. The summed E-state index contributed by atoms with van der Waals surface area (Å²) in [5.41, 5.74) is 0. The number of fused-ring (bicyclic) bond motifs is 3. The molecule has 2 aliphatic carbocycles. The third-order valence-corrected chi connectivity index (χ3v) is 3.84. The van der Waals surface area contributed by atoms with Crippen LogP contribution in [0.2, 0.25) is 0 Å². The number of carbonyl (C=O) groups is 1. The molecule has 2 fully saturated rings. The monoisotopic (exact) mass is 220 g/mol. The molecule has 1 heterocycles. The van der Waals surface area contributed by atoms with Gasteiger partial charge in [-0.25, -0.2) is 0 Å². The Labute approximate surface area is 95.1 Å². The van der Waals surface area contributed by atoms with Crippen LogP contribution in [0, 0.1) is 23.7 Å². The molecule has 0 aromatic rings. The van der Waals surface area contributed by atoms with E-state index in [4.69, 9.17) is 9.47 Å². The Morgan fingerprint density at radius 1 is 1.44 bits per heavy atom. The highest BCUT2D eigenvalue weighted by Crippen LogP contribution is 2.57. The SMILES string of the molecule is CCOC(=O)[C@@H]1[C@@H]2COC3C=CC=CC3[C@@H]21. The van der Waals surface area contributed by atoms with E-state index in [9.17, 15) is 4.79 Å². The lowest BCUT2D eigenvalue weighted by molar-refractivity contribution is -0.145. The van der Waals surface area contributed by atoms with E-state index < -0.39 is 0 Å². The highest BCUT2D eigenvalue weighted by atomic mass is 16.5. The number of ether oxygens (including phenoxy) is 2. The van der Waals surface area contributed by atoms with Crippen molar-refractivity contribution in [1.82, 2.24) is 0 Å². The number of esters is 1. The Hall–Kier alpha value is -1.09. The summed E-state index contributed by atoms with van der Waals surface area (Å²) in [6.45, 7) is 3.03. The van der Waals surface area contributed by atoms with Crippen molar-refractivity contribution < 1.29 is 14.3 Å². The van der Waals surface area contributed by atoms with Crippen LogP contribution in [0.15, 0.2) is 24.3 Å². The first kappa shape index (κ1) is 10.1. The zero-order valence-corrected chi connectivity index (χ0v) is 9.34. The van der Waals surface area contributed by atoms with Crippen molar-refractivity contribution in [2.75, 3.05) is 13.2 Å². The van der Waals surface area contributed by atoms with Crippen molar-refractivity contribution in [3.63, 3.8) is 0 Å². The van der Waals surface area contributed by atoms with Crippen LogP contribution >= 0.6 is 0 Å². The highest BCUT2D eigenvalue weighted by Gasteiger charge is 2.62. The molecule has 16 heavy (non-hydrogen) atoms. The summed E-state index contributed by atoms with van der Waals surface area (Å²) in [4.78, 5) is 11.7. The molecule has 1 aliphatic heterocycles. The van der Waals surface area contributed by atoms with Gasteiger partial charge in [-0.3, -0.25) is 4.79 Å². The van der Waals surface area contributed by atoms with E-state index in [1.165, 1.54) is 0 Å². The second-order valence-corrected chi connectivity index (χ2v) is 4.66. The lowest BCUT2D eigenvalue weighted by Gasteiger charge is -2.28. The topological polar surface area (TPSA) is 35.5 Å². The molecule has 0 aromatic carbocycles. The second kappa shape index (κ2) is 3.74. The summed E-state index contributed by atoms with van der Waals surface area (Å²) in [6, 6.07) is 0. The molecule has 1 saturated carbocycles. The Kier molecular flexibility index (Phi) is 2.36. The van der Waals surface area contributed by atoms with Crippen LogP contribution in [0.5, 0.6) is 0 Å². The lowest BCUT2D eigenvalue weighted by atomic mass is 9.89. The van der Waals surface area contributed by atoms with Gasteiger partial charge in [-0.15, -0.1) is 0 Å². The van der Waals surface area contributed by atoms with Crippen LogP contribution in [-0.4, -0.2) is 25.3 Å². The van der Waals surface area contributed by atoms with Gasteiger partial charge in [0.25, 0.3) is 0 Å². The number of allylic oxidation sites excluding steroid dienone is 2. The van der Waals surface area contributed by atoms with Crippen molar-refractivity contribution >= 4 is 5.97 Å². The summed E-state index contributed by atoms with van der Waals surface area (Å²) in [5.74, 6) is 1.24. The molecule has 86 valence electrons. The number of hydrogen-bond acceptors (Lipinski definition) is 3. The summed E-state index contributed by atoms with van der Waals surface area (Å²) < 4.78 is 10.8. The van der Waals surface area contributed by atoms with Crippen molar-refractivity contribution in [2.45, 2.75) is 13.0 Å². The molecule has 1 saturated heterocycles. The zero-order chi connectivity index (χ0) is 11.1. The van der Waals surface area contributed by atoms with Crippen molar-refractivity contribution in [3.05, 3.63) is 24.3 Å². The summed E-state index contributed by atoms with van der Waals surface area (Å²) in [5, 5.41) is 0. The first-order chi connectivity index (χ1) is 7.83. The summed E-state index contributed by atoms with van der Waals surface area (Å²) in [7, 11) is 0. The van der Waals surface area contributed by atoms with Crippen LogP contribution < -0.4 is 0 Å². The molecule has 3 nitrogen and oxygen atoms in total. The quantitative estimate of drug-likeness (QED) is 0.662. The van der Waals surface area contributed by atoms with Crippen molar-refractivity contribution in [3.8, 4) is 0 Å². The molecular weight excluding hydrogens is 204 g/mol. The predicted octanol–water partition coefficient (Wildman–Crippen LogP) is 1.55. The van der Waals surface area contributed by atoms with Gasteiger partial charge in [0.05, 0.1) is 25.2 Å². The summed E-state index contributed by atoms with van der Waals surface area (Å²) in [6.07, 6.45) is 8.49. The average molecular weight is 220 g/mol. The highest BCUT2D eigenvalue weighted by molar-refractivity contribution is 5.77. The van der Waals surface area contributed by atoms with E-state index in [1.807, 2.05) is 19.1 Å². The third kappa shape index (κ3) is 1.42. The molecule has 3 rings (SSSR count). The van der Waals surface area contributed by atoms with E-state index in [0.29, 0.717) is 31.0 Å². The number of carbonyl (C=O) groups excluding carboxylic acids is 1. The zero-order valence-electron chi connectivity index (χ0n) is 9.34.